The number of hydrogen-bond acceptors (Lipinski definition) is 4. The lowest BCUT2D eigenvalue weighted by Crippen LogP contribution is -1.90. The van der Waals surface area contributed by atoms with Crippen molar-refractivity contribution in [2.24, 2.45) is 0 Å². The number of carboxylic acids is 1. The SMILES string of the molecule is COc1ccc2nc(C#CCC(=O)O)sc2c1. The van der Waals surface area contributed by atoms with E-state index in [1.54, 1.807) is 7.11 Å². The molecule has 0 amide bonds. The zero-order valence-corrected chi connectivity index (χ0v) is 9.87. The van der Waals surface area contributed by atoms with Gasteiger partial charge in [0.25, 0.3) is 0 Å². The Bertz CT molecular complexity index is 621. The van der Waals surface area contributed by atoms with Gasteiger partial charge in [-0.2, -0.15) is 0 Å². The van der Waals surface area contributed by atoms with Crippen LogP contribution in [0.15, 0.2) is 18.2 Å². The van der Waals surface area contributed by atoms with Crippen LogP contribution in [0.4, 0.5) is 0 Å². The lowest BCUT2D eigenvalue weighted by Gasteiger charge is -1.96. The van der Waals surface area contributed by atoms with Gasteiger partial charge in [-0.3, -0.25) is 4.79 Å². The largest absolute Gasteiger partial charge is 0.497 e. The van der Waals surface area contributed by atoms with Gasteiger partial charge in [-0.25, -0.2) is 4.98 Å². The summed E-state index contributed by atoms with van der Waals surface area (Å²) in [5.74, 6) is 5.14. The number of hydrogen-bond donors (Lipinski definition) is 1. The number of benzene rings is 1. The number of carbonyl (C=O) groups is 1. The minimum absolute atomic E-state index is 0.167. The standard InChI is InChI=1S/C12H9NO3S/c1-16-8-5-6-9-10(7-8)17-11(13-9)3-2-4-12(14)15/h5-7H,4H2,1H3,(H,14,15). The van der Waals surface area contributed by atoms with Gasteiger partial charge in [-0.1, -0.05) is 5.92 Å². The molecule has 1 N–H and O–H groups in total. The summed E-state index contributed by atoms with van der Waals surface area (Å²) < 4.78 is 6.09. The van der Waals surface area contributed by atoms with Crippen molar-refractivity contribution in [3.8, 4) is 17.6 Å². The van der Waals surface area contributed by atoms with Crippen LogP contribution in [0.3, 0.4) is 0 Å². The van der Waals surface area contributed by atoms with E-state index in [1.165, 1.54) is 11.3 Å². The molecule has 5 heteroatoms. The zero-order chi connectivity index (χ0) is 12.3. The van der Waals surface area contributed by atoms with E-state index in [0.29, 0.717) is 5.01 Å². The minimum Gasteiger partial charge on any atom is -0.497 e. The van der Waals surface area contributed by atoms with Crippen LogP contribution in [0.5, 0.6) is 5.75 Å². The number of aromatic nitrogens is 1. The zero-order valence-electron chi connectivity index (χ0n) is 9.06. The lowest BCUT2D eigenvalue weighted by molar-refractivity contribution is -0.135. The monoisotopic (exact) mass is 247 g/mol. The van der Waals surface area contributed by atoms with E-state index < -0.39 is 5.97 Å². The van der Waals surface area contributed by atoms with Gasteiger partial charge in [0.1, 0.15) is 12.2 Å². The Kier molecular flexibility index (Phi) is 3.26. The fourth-order valence-corrected chi connectivity index (χ4v) is 2.15. The Hall–Kier alpha value is -2.06. The van der Waals surface area contributed by atoms with Gasteiger partial charge in [-0.05, 0) is 24.1 Å². The van der Waals surface area contributed by atoms with E-state index in [2.05, 4.69) is 16.8 Å². The van der Waals surface area contributed by atoms with Crippen molar-refractivity contribution in [1.29, 1.82) is 0 Å². The second-order valence-corrected chi connectivity index (χ2v) is 4.26. The topological polar surface area (TPSA) is 59.4 Å². The van der Waals surface area contributed by atoms with E-state index in [4.69, 9.17) is 9.84 Å². The molecule has 0 bridgehead atoms. The number of thiazole rings is 1. The summed E-state index contributed by atoms with van der Waals surface area (Å²) >= 11 is 1.42. The van der Waals surface area contributed by atoms with E-state index in [9.17, 15) is 4.79 Å². The summed E-state index contributed by atoms with van der Waals surface area (Å²) in [5, 5.41) is 9.08. The van der Waals surface area contributed by atoms with Crippen molar-refractivity contribution < 1.29 is 14.6 Å². The van der Waals surface area contributed by atoms with Crippen LogP contribution in [-0.4, -0.2) is 23.2 Å². The highest BCUT2D eigenvalue weighted by molar-refractivity contribution is 7.19. The van der Waals surface area contributed by atoms with Gasteiger partial charge in [0.05, 0.1) is 17.3 Å². The van der Waals surface area contributed by atoms with Crippen molar-refractivity contribution in [1.82, 2.24) is 4.98 Å². The maximum absolute atomic E-state index is 10.3. The molecule has 1 heterocycles. The van der Waals surface area contributed by atoms with Gasteiger partial charge < -0.3 is 9.84 Å². The Labute approximate surface area is 102 Å². The molecule has 0 saturated heterocycles. The molecule has 2 aromatic rings. The first kappa shape index (κ1) is 11.4. The molecule has 0 aliphatic heterocycles. The lowest BCUT2D eigenvalue weighted by atomic mass is 10.3. The maximum Gasteiger partial charge on any atom is 0.315 e. The Morgan fingerprint density at radius 3 is 3.12 bits per heavy atom. The summed E-state index contributed by atoms with van der Waals surface area (Å²) in [6.07, 6.45) is -0.167. The second kappa shape index (κ2) is 4.85. The summed E-state index contributed by atoms with van der Waals surface area (Å²) in [6.45, 7) is 0. The summed E-state index contributed by atoms with van der Waals surface area (Å²) in [5.41, 5.74) is 0.843. The first-order valence-corrected chi connectivity index (χ1v) is 5.66. The molecule has 0 radical (unpaired) electrons. The molecule has 0 atom stereocenters. The molecule has 0 unspecified atom stereocenters. The highest BCUT2D eigenvalue weighted by atomic mass is 32.1. The van der Waals surface area contributed by atoms with Crippen LogP contribution >= 0.6 is 11.3 Å². The molecule has 1 aromatic carbocycles. The molecule has 86 valence electrons. The van der Waals surface area contributed by atoms with E-state index >= 15 is 0 Å². The average Bonchev–Trinajstić information content (AvgIpc) is 2.69. The smallest absolute Gasteiger partial charge is 0.315 e. The van der Waals surface area contributed by atoms with Gasteiger partial charge in [-0.15, -0.1) is 11.3 Å². The fraction of sp³-hybridized carbons (Fsp3) is 0.167. The number of rotatable bonds is 2. The Morgan fingerprint density at radius 2 is 2.41 bits per heavy atom. The molecule has 17 heavy (non-hydrogen) atoms. The van der Waals surface area contributed by atoms with Gasteiger partial charge in [0, 0.05) is 0 Å². The van der Waals surface area contributed by atoms with Crippen molar-refractivity contribution in [3.63, 3.8) is 0 Å². The van der Waals surface area contributed by atoms with E-state index in [1.807, 2.05) is 18.2 Å². The molecule has 0 saturated carbocycles. The summed E-state index contributed by atoms with van der Waals surface area (Å²) in [4.78, 5) is 14.6. The van der Waals surface area contributed by atoms with Gasteiger partial charge >= 0.3 is 5.97 Å². The quantitative estimate of drug-likeness (QED) is 0.826. The van der Waals surface area contributed by atoms with Crippen molar-refractivity contribution in [2.75, 3.05) is 7.11 Å². The number of fused-ring (bicyclic) bond motifs is 1. The molecule has 4 nitrogen and oxygen atoms in total. The van der Waals surface area contributed by atoms with Crippen LogP contribution in [0, 0.1) is 11.8 Å². The van der Waals surface area contributed by atoms with Crippen LogP contribution in [0.2, 0.25) is 0 Å². The number of carboxylic acid groups (broad SMARTS) is 1. The third-order valence-corrected chi connectivity index (χ3v) is 2.96. The molecule has 2 rings (SSSR count). The highest BCUT2D eigenvalue weighted by Gasteiger charge is 2.02. The number of aliphatic carboxylic acids is 1. The predicted octanol–water partition coefficient (Wildman–Crippen LogP) is 2.13. The van der Waals surface area contributed by atoms with Gasteiger partial charge in [0.2, 0.25) is 0 Å². The Morgan fingerprint density at radius 1 is 1.59 bits per heavy atom. The van der Waals surface area contributed by atoms with Crippen molar-refractivity contribution >= 4 is 27.5 Å². The number of nitrogens with zero attached hydrogens (tertiary/aromatic N) is 1. The van der Waals surface area contributed by atoms with Crippen LogP contribution in [0.25, 0.3) is 10.2 Å². The predicted molar refractivity (Wildman–Crippen MR) is 65.3 cm³/mol. The molecule has 0 aliphatic rings. The molecular weight excluding hydrogens is 238 g/mol. The molecule has 0 aliphatic carbocycles. The number of methoxy groups -OCH3 is 1. The van der Waals surface area contributed by atoms with Crippen LogP contribution in [-0.2, 0) is 4.79 Å². The van der Waals surface area contributed by atoms with Crippen molar-refractivity contribution in [2.45, 2.75) is 6.42 Å². The van der Waals surface area contributed by atoms with Crippen molar-refractivity contribution in [3.05, 3.63) is 23.2 Å². The average molecular weight is 247 g/mol. The van der Waals surface area contributed by atoms with Gasteiger partial charge in [0.15, 0.2) is 5.01 Å². The summed E-state index contributed by atoms with van der Waals surface area (Å²) in [6, 6.07) is 5.57. The first-order valence-electron chi connectivity index (χ1n) is 4.84. The summed E-state index contributed by atoms with van der Waals surface area (Å²) in [7, 11) is 1.61. The third kappa shape index (κ3) is 2.74. The van der Waals surface area contributed by atoms with Crippen LogP contribution in [0.1, 0.15) is 11.4 Å². The molecular formula is C12H9NO3S. The molecule has 0 spiro atoms. The number of ether oxygens (including phenoxy) is 1. The third-order valence-electron chi connectivity index (χ3n) is 2.03. The molecule has 0 fully saturated rings. The van der Waals surface area contributed by atoms with E-state index in [0.717, 1.165) is 16.0 Å². The minimum atomic E-state index is -0.930. The fourth-order valence-electron chi connectivity index (χ4n) is 1.28. The molecule has 1 aromatic heterocycles. The Balaban J connectivity index is 2.30. The highest BCUT2D eigenvalue weighted by Crippen LogP contribution is 2.25. The van der Waals surface area contributed by atoms with Crippen LogP contribution < -0.4 is 4.74 Å². The van der Waals surface area contributed by atoms with E-state index in [-0.39, 0.29) is 6.42 Å². The second-order valence-electron chi connectivity index (χ2n) is 3.22. The normalized spacial score (nSPS) is 9.71. The maximum atomic E-state index is 10.3. The first-order chi connectivity index (χ1) is 8.19.